The summed E-state index contributed by atoms with van der Waals surface area (Å²) in [5.74, 6) is 0.181. The summed E-state index contributed by atoms with van der Waals surface area (Å²) in [6.07, 6.45) is 5.58. The summed E-state index contributed by atoms with van der Waals surface area (Å²) >= 11 is 0. The molecule has 2 N–H and O–H groups in total. The Bertz CT molecular complexity index is 236. The van der Waals surface area contributed by atoms with E-state index in [9.17, 15) is 14.4 Å². The van der Waals surface area contributed by atoms with E-state index >= 15 is 0 Å². The highest BCUT2D eigenvalue weighted by atomic mass is 31.2. The van der Waals surface area contributed by atoms with E-state index in [1.807, 2.05) is 41.8 Å². The van der Waals surface area contributed by atoms with Crippen molar-refractivity contribution in [3.8, 4) is 0 Å². The van der Waals surface area contributed by atoms with Gasteiger partial charge in [0, 0.05) is 14.8 Å². The summed E-state index contributed by atoms with van der Waals surface area (Å²) < 4.78 is 11.2. The Hall–Kier alpha value is 0.345. The van der Waals surface area contributed by atoms with Gasteiger partial charge in [0.15, 0.2) is 0 Å². The molecule has 0 aliphatic carbocycles. The number of hydrogen-bond acceptors (Lipinski definition) is 1. The average Bonchev–Trinajstić information content (AvgIpc) is 2.45. The fourth-order valence-electron chi connectivity index (χ4n) is 2.12. The minimum atomic E-state index is -3.89. The van der Waals surface area contributed by atoms with Crippen molar-refractivity contribution in [2.75, 3.05) is 0 Å². The highest BCUT2D eigenvalue weighted by Crippen LogP contribution is 2.48. The molecule has 0 aliphatic rings. The molecule has 0 fully saturated rings. The Morgan fingerprint density at radius 3 is 1.81 bits per heavy atom. The number of rotatable bonds is 9. The molecule has 0 rings (SSSR count). The normalized spacial score (nSPS) is 13.0. The first-order valence-corrected chi connectivity index (χ1v) is 9.98. The van der Waals surface area contributed by atoms with Crippen LogP contribution in [0.15, 0.2) is 0 Å². The maximum atomic E-state index is 11.2. The van der Waals surface area contributed by atoms with Crippen molar-refractivity contribution >= 4 is 29.6 Å². The van der Waals surface area contributed by atoms with Crippen molar-refractivity contribution in [3.63, 3.8) is 0 Å². The van der Waals surface area contributed by atoms with Gasteiger partial charge in [-0.15, -0.1) is 0 Å². The molecule has 0 amide bonds. The predicted octanol–water partition coefficient (Wildman–Crippen LogP) is 4.02. The molecule has 0 aromatic rings. The van der Waals surface area contributed by atoms with E-state index in [4.69, 9.17) is 7.74 Å². The van der Waals surface area contributed by atoms with Crippen LogP contribution in [0.4, 0.5) is 0 Å². The van der Waals surface area contributed by atoms with Crippen molar-refractivity contribution in [3.05, 3.63) is 0 Å². The molecule has 0 saturated carbocycles. The van der Waals surface area contributed by atoms with Crippen LogP contribution in [0.25, 0.3) is 0 Å². The van der Waals surface area contributed by atoms with Gasteiger partial charge in [0.2, 0.25) is 0 Å². The highest BCUT2D eigenvalue weighted by Gasteiger charge is 2.32. The van der Waals surface area contributed by atoms with Crippen molar-refractivity contribution < 1.29 is 14.4 Å². The van der Waals surface area contributed by atoms with E-state index in [-0.39, 0.29) is 5.92 Å². The zero-order valence-corrected chi connectivity index (χ0v) is 15.8. The maximum absolute atomic E-state index is 11.2. The van der Waals surface area contributed by atoms with Crippen LogP contribution in [-0.4, -0.2) is 37.4 Å². The highest BCUT2D eigenvalue weighted by molar-refractivity contribution is 7.52. The molecule has 2 unspecified atom stereocenters. The van der Waals surface area contributed by atoms with Gasteiger partial charge >= 0.3 is 7.60 Å². The van der Waals surface area contributed by atoms with E-state index in [1.54, 1.807) is 7.06 Å². The molecule has 2 atom stereocenters. The molecule has 21 heavy (non-hydrogen) atoms. The second kappa shape index (κ2) is 18.4. The SMILES string of the molecule is CC.CCCCC(CC)C(CC)P(=O)(O)O.[B][B][B]CC. The molecule has 0 spiro atoms. The Morgan fingerprint density at radius 1 is 1.10 bits per heavy atom. The summed E-state index contributed by atoms with van der Waals surface area (Å²) in [4.78, 5) is 18.4. The summed E-state index contributed by atoms with van der Waals surface area (Å²) in [5, 5.41) is 0. The van der Waals surface area contributed by atoms with Crippen molar-refractivity contribution in [1.29, 1.82) is 0 Å². The predicted molar refractivity (Wildman–Crippen MR) is 98.5 cm³/mol. The second-order valence-electron chi connectivity index (χ2n) is 4.71. The zero-order valence-electron chi connectivity index (χ0n) is 14.9. The molecule has 0 bridgehead atoms. The maximum Gasteiger partial charge on any atom is 0.328 e. The van der Waals surface area contributed by atoms with Crippen LogP contribution in [-0.2, 0) is 4.57 Å². The number of hydrogen-bond donors (Lipinski definition) is 2. The summed E-state index contributed by atoms with van der Waals surface area (Å²) in [5.41, 5.74) is -0.431. The van der Waals surface area contributed by atoms with Crippen molar-refractivity contribution in [2.45, 2.75) is 85.6 Å². The lowest BCUT2D eigenvalue weighted by atomic mass is 9.27. The van der Waals surface area contributed by atoms with Gasteiger partial charge in [-0.2, -0.15) is 0 Å². The van der Waals surface area contributed by atoms with Gasteiger partial charge in [-0.1, -0.05) is 67.1 Å². The van der Waals surface area contributed by atoms with E-state index in [0.29, 0.717) is 6.42 Å². The monoisotopic (exact) mass is 314 g/mol. The number of unbranched alkanes of at least 4 members (excludes halogenated alkanes) is 1. The van der Waals surface area contributed by atoms with Gasteiger partial charge < -0.3 is 9.79 Å². The molecule has 0 aliphatic heterocycles. The van der Waals surface area contributed by atoms with Crippen LogP contribution in [0.1, 0.15) is 73.6 Å². The molecule has 122 valence electrons. The lowest BCUT2D eigenvalue weighted by Crippen LogP contribution is -2.19. The van der Waals surface area contributed by atoms with Crippen LogP contribution in [0.3, 0.4) is 0 Å². The van der Waals surface area contributed by atoms with Crippen molar-refractivity contribution in [1.82, 2.24) is 0 Å². The second-order valence-corrected chi connectivity index (χ2v) is 6.55. The fraction of sp³-hybridized carbons (Fsp3) is 1.00. The first-order valence-electron chi connectivity index (χ1n) is 8.30. The molecule has 0 heterocycles. The van der Waals surface area contributed by atoms with Crippen LogP contribution >= 0.6 is 7.60 Å². The minimum Gasteiger partial charge on any atom is -0.324 e. The van der Waals surface area contributed by atoms with Crippen LogP contribution in [0, 0.1) is 5.92 Å². The smallest absolute Gasteiger partial charge is 0.324 e. The molecular formula is C14H34B3O3P. The summed E-state index contributed by atoms with van der Waals surface area (Å²) in [6.45, 7) is 12.0. The molecule has 0 aromatic heterocycles. The average molecular weight is 314 g/mol. The Balaban J connectivity index is -0.000000389. The first-order chi connectivity index (χ1) is 9.88. The Kier molecular flexibility index (Phi) is 23.0. The largest absolute Gasteiger partial charge is 0.328 e. The molecule has 0 saturated heterocycles. The van der Waals surface area contributed by atoms with Gasteiger partial charge in [-0.3, -0.25) is 4.57 Å². The third kappa shape index (κ3) is 16.5. The van der Waals surface area contributed by atoms with Crippen LogP contribution < -0.4 is 0 Å². The minimum absolute atomic E-state index is 0.181. The summed E-state index contributed by atoms with van der Waals surface area (Å²) in [7, 11) is 4.53. The van der Waals surface area contributed by atoms with Crippen molar-refractivity contribution in [2.24, 2.45) is 5.92 Å². The van der Waals surface area contributed by atoms with Gasteiger partial charge in [0.05, 0.1) is 12.8 Å². The topological polar surface area (TPSA) is 57.5 Å². The molecular weight excluding hydrogens is 280 g/mol. The fourth-order valence-corrected chi connectivity index (χ4v) is 3.50. The standard InChI is InChI=1S/C10H23O3P.C2H5B3.C2H6/c1-4-7-8-9(5-2)10(6-3)14(11,12)13;1-2-4-5-3;1-2/h9-10H,4-8H2,1-3H3,(H2,11,12,13);2H2,1H3;1-2H3. The quantitative estimate of drug-likeness (QED) is 0.499. The van der Waals surface area contributed by atoms with Crippen LogP contribution in [0.5, 0.6) is 0 Å². The van der Waals surface area contributed by atoms with E-state index < -0.39 is 13.3 Å². The Labute approximate surface area is 136 Å². The third-order valence-corrected chi connectivity index (χ3v) is 4.87. The van der Waals surface area contributed by atoms with Gasteiger partial charge in [0.1, 0.15) is 0 Å². The first kappa shape index (κ1) is 26.3. The summed E-state index contributed by atoms with van der Waals surface area (Å²) in [6, 6.07) is 0. The van der Waals surface area contributed by atoms with E-state index in [0.717, 1.165) is 32.0 Å². The molecule has 0 aromatic carbocycles. The molecule has 4 radical (unpaired) electrons. The van der Waals surface area contributed by atoms with Crippen LogP contribution in [0.2, 0.25) is 6.32 Å². The molecule has 3 nitrogen and oxygen atoms in total. The lowest BCUT2D eigenvalue weighted by Gasteiger charge is -2.25. The third-order valence-electron chi connectivity index (χ3n) is 3.22. The zero-order chi connectivity index (χ0) is 17.3. The van der Waals surface area contributed by atoms with E-state index in [2.05, 4.69) is 6.92 Å². The van der Waals surface area contributed by atoms with Gasteiger partial charge in [-0.25, -0.2) is 0 Å². The Morgan fingerprint density at radius 2 is 1.62 bits per heavy atom. The van der Waals surface area contributed by atoms with Gasteiger partial charge in [0.25, 0.3) is 0 Å². The lowest BCUT2D eigenvalue weighted by molar-refractivity contribution is 0.315. The molecule has 7 heteroatoms. The van der Waals surface area contributed by atoms with Gasteiger partial charge in [-0.05, 0) is 18.8 Å². The van der Waals surface area contributed by atoms with E-state index in [1.165, 1.54) is 0 Å².